The third-order valence-electron chi connectivity index (χ3n) is 2.95. The summed E-state index contributed by atoms with van der Waals surface area (Å²) in [7, 11) is 0. The summed E-state index contributed by atoms with van der Waals surface area (Å²) in [5.41, 5.74) is 3.15. The molecule has 0 bridgehead atoms. The van der Waals surface area contributed by atoms with Crippen molar-refractivity contribution in [2.24, 2.45) is 0 Å². The van der Waals surface area contributed by atoms with Crippen LogP contribution in [0.25, 0.3) is 11.3 Å². The van der Waals surface area contributed by atoms with E-state index in [9.17, 15) is 4.79 Å². The van der Waals surface area contributed by atoms with Crippen molar-refractivity contribution in [3.63, 3.8) is 0 Å². The Labute approximate surface area is 125 Å². The maximum absolute atomic E-state index is 12.0. The second kappa shape index (κ2) is 6.11. The minimum Gasteiger partial charge on any atom is -0.299 e. The van der Waals surface area contributed by atoms with Crippen molar-refractivity contribution < 1.29 is 4.79 Å². The van der Waals surface area contributed by atoms with E-state index in [1.54, 1.807) is 22.7 Å². The van der Waals surface area contributed by atoms with Gasteiger partial charge in [0.25, 0.3) is 0 Å². The summed E-state index contributed by atoms with van der Waals surface area (Å²) in [6.45, 7) is 0. The highest BCUT2D eigenvalue weighted by atomic mass is 32.1. The topological polar surface area (TPSA) is 30.0 Å². The lowest BCUT2D eigenvalue weighted by Gasteiger charge is -1.96. The van der Waals surface area contributed by atoms with E-state index in [-0.39, 0.29) is 5.78 Å². The molecule has 0 atom stereocenters. The molecule has 2 nitrogen and oxygen atoms in total. The molecule has 0 spiro atoms. The van der Waals surface area contributed by atoms with E-state index < -0.39 is 0 Å². The minimum absolute atomic E-state index is 0.220. The third-order valence-corrected chi connectivity index (χ3v) is 4.53. The second-order valence-corrected chi connectivity index (χ2v) is 6.24. The zero-order chi connectivity index (χ0) is 13.8. The molecular weight excluding hydrogens is 286 g/mol. The number of carbonyl (C=O) groups is 1. The fourth-order valence-corrected chi connectivity index (χ4v) is 3.49. The molecule has 0 aliphatic rings. The predicted octanol–water partition coefficient (Wildman–Crippen LogP) is 4.23. The van der Waals surface area contributed by atoms with E-state index in [0.29, 0.717) is 12.8 Å². The van der Waals surface area contributed by atoms with E-state index in [0.717, 1.165) is 21.8 Å². The number of hydrogen-bond donors (Lipinski definition) is 0. The number of Topliss-reactive ketones (excluding diaryl/α,β-unsaturated/α-hetero) is 1. The van der Waals surface area contributed by atoms with Gasteiger partial charge < -0.3 is 0 Å². The zero-order valence-corrected chi connectivity index (χ0v) is 12.4. The number of thiophene rings is 1. The van der Waals surface area contributed by atoms with Gasteiger partial charge >= 0.3 is 0 Å². The van der Waals surface area contributed by atoms with Crippen LogP contribution < -0.4 is 0 Å². The van der Waals surface area contributed by atoms with E-state index in [2.05, 4.69) is 4.98 Å². The van der Waals surface area contributed by atoms with Crippen LogP contribution in [-0.2, 0) is 17.6 Å². The summed E-state index contributed by atoms with van der Waals surface area (Å²) in [6, 6.07) is 12.0. The first-order valence-electron chi connectivity index (χ1n) is 6.34. The Bertz CT molecular complexity index is 686. The van der Waals surface area contributed by atoms with Gasteiger partial charge in [0.2, 0.25) is 0 Å². The first kappa shape index (κ1) is 13.2. The molecule has 0 amide bonds. The van der Waals surface area contributed by atoms with E-state index in [4.69, 9.17) is 0 Å². The lowest BCUT2D eigenvalue weighted by molar-refractivity contribution is -0.117. The molecule has 2 aromatic heterocycles. The molecule has 0 unspecified atom stereocenters. The van der Waals surface area contributed by atoms with Gasteiger partial charge in [0.05, 0.1) is 12.1 Å². The Morgan fingerprint density at radius 2 is 1.90 bits per heavy atom. The Balaban J connectivity index is 1.67. The Hall–Kier alpha value is -1.78. The molecule has 0 saturated carbocycles. The molecule has 20 heavy (non-hydrogen) atoms. The van der Waals surface area contributed by atoms with Gasteiger partial charge in [0.15, 0.2) is 0 Å². The molecule has 0 aliphatic heterocycles. The predicted molar refractivity (Wildman–Crippen MR) is 84.3 cm³/mol. The number of carbonyl (C=O) groups excluding carboxylic acids is 1. The van der Waals surface area contributed by atoms with Gasteiger partial charge in [-0.15, -0.1) is 11.3 Å². The van der Waals surface area contributed by atoms with Crippen LogP contribution in [0.3, 0.4) is 0 Å². The van der Waals surface area contributed by atoms with E-state index in [1.165, 1.54) is 0 Å². The summed E-state index contributed by atoms with van der Waals surface area (Å²) < 4.78 is 0. The van der Waals surface area contributed by atoms with E-state index >= 15 is 0 Å². The Kier molecular flexibility index (Phi) is 4.04. The number of benzene rings is 1. The van der Waals surface area contributed by atoms with Gasteiger partial charge in [-0.1, -0.05) is 30.3 Å². The van der Waals surface area contributed by atoms with Gasteiger partial charge in [-0.25, -0.2) is 4.98 Å². The van der Waals surface area contributed by atoms with Crippen LogP contribution in [0, 0.1) is 0 Å². The summed E-state index contributed by atoms with van der Waals surface area (Å²) >= 11 is 3.18. The van der Waals surface area contributed by atoms with Crippen LogP contribution in [0.15, 0.2) is 52.5 Å². The summed E-state index contributed by atoms with van der Waals surface area (Å²) in [4.78, 5) is 16.5. The average molecular weight is 299 g/mol. The van der Waals surface area contributed by atoms with Gasteiger partial charge in [-0.05, 0) is 22.4 Å². The SMILES string of the molecule is O=C(Cc1ccsc1)Cc1nc(-c2ccccc2)cs1. The monoisotopic (exact) mass is 299 g/mol. The van der Waals surface area contributed by atoms with Crippen molar-refractivity contribution in [3.8, 4) is 11.3 Å². The Morgan fingerprint density at radius 3 is 2.65 bits per heavy atom. The maximum Gasteiger partial charge on any atom is 0.144 e. The second-order valence-electron chi connectivity index (χ2n) is 4.52. The van der Waals surface area contributed by atoms with Gasteiger partial charge in [0, 0.05) is 17.4 Å². The normalized spacial score (nSPS) is 10.6. The molecule has 100 valence electrons. The maximum atomic E-state index is 12.0. The highest BCUT2D eigenvalue weighted by Gasteiger charge is 2.10. The van der Waals surface area contributed by atoms with Crippen LogP contribution >= 0.6 is 22.7 Å². The molecule has 3 aromatic rings. The molecule has 0 aliphatic carbocycles. The van der Waals surface area contributed by atoms with Gasteiger partial charge in [0.1, 0.15) is 10.8 Å². The van der Waals surface area contributed by atoms with Crippen molar-refractivity contribution in [2.75, 3.05) is 0 Å². The summed E-state index contributed by atoms with van der Waals surface area (Å²) in [5.74, 6) is 0.220. The van der Waals surface area contributed by atoms with Crippen LogP contribution in [0.4, 0.5) is 0 Å². The summed E-state index contributed by atoms with van der Waals surface area (Å²) in [6.07, 6.45) is 0.928. The molecule has 0 fully saturated rings. The number of nitrogens with zero attached hydrogens (tertiary/aromatic N) is 1. The fraction of sp³-hybridized carbons (Fsp3) is 0.125. The van der Waals surface area contributed by atoms with Crippen molar-refractivity contribution >= 4 is 28.5 Å². The molecule has 1 aromatic carbocycles. The highest BCUT2D eigenvalue weighted by molar-refractivity contribution is 7.10. The quantitative estimate of drug-likeness (QED) is 0.706. The van der Waals surface area contributed by atoms with Crippen LogP contribution in [0.2, 0.25) is 0 Å². The molecule has 2 heterocycles. The minimum atomic E-state index is 0.220. The van der Waals surface area contributed by atoms with Crippen molar-refractivity contribution in [1.82, 2.24) is 4.98 Å². The molecular formula is C16H13NOS2. The van der Waals surface area contributed by atoms with Crippen LogP contribution in [-0.4, -0.2) is 10.8 Å². The molecule has 0 N–H and O–H groups in total. The first-order chi connectivity index (χ1) is 9.81. The lowest BCUT2D eigenvalue weighted by atomic mass is 10.1. The van der Waals surface area contributed by atoms with E-state index in [1.807, 2.05) is 52.5 Å². The highest BCUT2D eigenvalue weighted by Crippen LogP contribution is 2.22. The average Bonchev–Trinajstić information content (AvgIpc) is 3.11. The number of thiazole rings is 1. The standard InChI is InChI=1S/C16H13NOS2/c18-14(8-12-6-7-19-10-12)9-16-17-15(11-20-16)13-4-2-1-3-5-13/h1-7,10-11H,8-9H2. The first-order valence-corrected chi connectivity index (χ1v) is 8.16. The van der Waals surface area contributed by atoms with Crippen molar-refractivity contribution in [2.45, 2.75) is 12.8 Å². The van der Waals surface area contributed by atoms with Gasteiger partial charge in [-0.2, -0.15) is 11.3 Å². The van der Waals surface area contributed by atoms with Crippen molar-refractivity contribution in [1.29, 1.82) is 0 Å². The van der Waals surface area contributed by atoms with Crippen LogP contribution in [0.1, 0.15) is 10.6 Å². The zero-order valence-electron chi connectivity index (χ0n) is 10.8. The number of aromatic nitrogens is 1. The lowest BCUT2D eigenvalue weighted by Crippen LogP contribution is -2.05. The molecule has 3 rings (SSSR count). The fourth-order valence-electron chi connectivity index (χ4n) is 1.99. The van der Waals surface area contributed by atoms with Crippen LogP contribution in [0.5, 0.6) is 0 Å². The Morgan fingerprint density at radius 1 is 1.05 bits per heavy atom. The van der Waals surface area contributed by atoms with Crippen molar-refractivity contribution in [3.05, 3.63) is 63.1 Å². The summed E-state index contributed by atoms with van der Waals surface area (Å²) in [5, 5.41) is 6.93. The largest absolute Gasteiger partial charge is 0.299 e. The third kappa shape index (κ3) is 3.21. The molecule has 4 heteroatoms. The van der Waals surface area contributed by atoms with Gasteiger partial charge in [-0.3, -0.25) is 4.79 Å². The molecule has 0 radical (unpaired) electrons. The number of rotatable bonds is 5. The smallest absolute Gasteiger partial charge is 0.144 e. The molecule has 0 saturated heterocycles. The number of ketones is 1. The number of hydrogen-bond acceptors (Lipinski definition) is 4.